The van der Waals surface area contributed by atoms with Gasteiger partial charge in [-0.25, -0.2) is 0 Å². The topological polar surface area (TPSA) is 49.7 Å². The summed E-state index contributed by atoms with van der Waals surface area (Å²) in [6.07, 6.45) is 1.31. The van der Waals surface area contributed by atoms with Crippen LogP contribution < -0.4 is 0 Å². The zero-order valence-corrected chi connectivity index (χ0v) is 7.03. The van der Waals surface area contributed by atoms with Crippen molar-refractivity contribution in [2.24, 2.45) is 5.16 Å². The fourth-order valence-electron chi connectivity index (χ4n) is 1.58. The van der Waals surface area contributed by atoms with Crippen molar-refractivity contribution in [2.45, 2.75) is 12.8 Å². The van der Waals surface area contributed by atoms with Gasteiger partial charge in [-0.1, -0.05) is 29.4 Å². The molecule has 0 saturated carbocycles. The predicted molar refractivity (Wildman–Crippen MR) is 48.3 cm³/mol. The molecule has 3 heteroatoms. The summed E-state index contributed by atoms with van der Waals surface area (Å²) in [5.41, 5.74) is 1.97. The van der Waals surface area contributed by atoms with E-state index in [-0.39, 0.29) is 11.5 Å². The number of hydrogen-bond donors (Lipinski definition) is 1. The molecule has 0 heterocycles. The zero-order chi connectivity index (χ0) is 9.26. The standard InChI is InChI=1S/C10H9NO2/c12-10-8-4-2-1-3-7(8)5-6-9(10)11-13/h1-4,13H,5-6H2/b11-9-. The Morgan fingerprint density at radius 1 is 1.23 bits per heavy atom. The van der Waals surface area contributed by atoms with Gasteiger partial charge in [-0.15, -0.1) is 0 Å². The number of fused-ring (bicyclic) bond motifs is 1. The minimum atomic E-state index is -0.149. The van der Waals surface area contributed by atoms with Crippen LogP contribution in [-0.4, -0.2) is 16.7 Å². The van der Waals surface area contributed by atoms with E-state index in [4.69, 9.17) is 5.21 Å². The first kappa shape index (κ1) is 7.98. The van der Waals surface area contributed by atoms with E-state index in [2.05, 4.69) is 5.16 Å². The molecule has 1 aromatic rings. The Bertz CT molecular complexity index is 382. The molecule has 66 valence electrons. The van der Waals surface area contributed by atoms with Gasteiger partial charge >= 0.3 is 0 Å². The van der Waals surface area contributed by atoms with Crippen molar-refractivity contribution in [1.29, 1.82) is 0 Å². The van der Waals surface area contributed by atoms with E-state index in [0.717, 1.165) is 12.0 Å². The summed E-state index contributed by atoms with van der Waals surface area (Å²) in [7, 11) is 0. The molecule has 2 rings (SSSR count). The largest absolute Gasteiger partial charge is 0.411 e. The summed E-state index contributed by atoms with van der Waals surface area (Å²) in [5, 5.41) is 11.5. The minimum absolute atomic E-state index is 0.149. The maximum Gasteiger partial charge on any atom is 0.210 e. The quantitative estimate of drug-likeness (QED) is 0.481. The van der Waals surface area contributed by atoms with Gasteiger partial charge in [-0.3, -0.25) is 4.79 Å². The van der Waals surface area contributed by atoms with E-state index in [1.807, 2.05) is 18.2 Å². The van der Waals surface area contributed by atoms with Crippen LogP contribution in [0.4, 0.5) is 0 Å². The summed E-state index contributed by atoms with van der Waals surface area (Å²) < 4.78 is 0. The van der Waals surface area contributed by atoms with Crippen molar-refractivity contribution in [2.75, 3.05) is 0 Å². The Labute approximate surface area is 75.7 Å². The summed E-state index contributed by atoms with van der Waals surface area (Å²) in [5.74, 6) is -0.149. The minimum Gasteiger partial charge on any atom is -0.411 e. The van der Waals surface area contributed by atoms with Crippen molar-refractivity contribution >= 4 is 11.5 Å². The maximum atomic E-state index is 11.6. The van der Waals surface area contributed by atoms with Crippen LogP contribution in [0.1, 0.15) is 22.3 Å². The van der Waals surface area contributed by atoms with E-state index in [9.17, 15) is 4.79 Å². The molecule has 0 fully saturated rings. The highest BCUT2D eigenvalue weighted by molar-refractivity contribution is 6.46. The molecule has 0 unspecified atom stereocenters. The van der Waals surface area contributed by atoms with Gasteiger partial charge in [-0.2, -0.15) is 0 Å². The third-order valence-corrected chi connectivity index (χ3v) is 2.28. The van der Waals surface area contributed by atoms with Crippen LogP contribution in [-0.2, 0) is 6.42 Å². The number of benzene rings is 1. The first-order chi connectivity index (χ1) is 6.33. The number of ketones is 1. The Kier molecular flexibility index (Phi) is 1.85. The highest BCUT2D eigenvalue weighted by atomic mass is 16.4. The van der Waals surface area contributed by atoms with Gasteiger partial charge in [-0.05, 0) is 12.0 Å². The van der Waals surface area contributed by atoms with Gasteiger partial charge < -0.3 is 5.21 Å². The fourth-order valence-corrected chi connectivity index (χ4v) is 1.58. The number of aryl methyl sites for hydroxylation is 1. The second-order valence-electron chi connectivity index (χ2n) is 3.03. The molecule has 1 aromatic carbocycles. The number of Topliss-reactive ketones (excluding diaryl/α,β-unsaturated/α-hetero) is 1. The number of oxime groups is 1. The Hall–Kier alpha value is -1.64. The maximum absolute atomic E-state index is 11.6. The molecule has 1 N–H and O–H groups in total. The average molecular weight is 175 g/mol. The SMILES string of the molecule is O=C1/C(=N\O)CCc2ccccc21. The molecule has 0 aromatic heterocycles. The van der Waals surface area contributed by atoms with Crippen LogP contribution in [0.2, 0.25) is 0 Å². The van der Waals surface area contributed by atoms with Crippen molar-refractivity contribution in [3.05, 3.63) is 35.4 Å². The van der Waals surface area contributed by atoms with E-state index in [0.29, 0.717) is 12.0 Å². The Morgan fingerprint density at radius 2 is 2.00 bits per heavy atom. The monoisotopic (exact) mass is 175 g/mol. The third kappa shape index (κ3) is 1.22. The molecule has 3 nitrogen and oxygen atoms in total. The van der Waals surface area contributed by atoms with Gasteiger partial charge in [0.2, 0.25) is 5.78 Å². The number of carbonyl (C=O) groups excluding carboxylic acids is 1. The van der Waals surface area contributed by atoms with Gasteiger partial charge in [0.05, 0.1) is 0 Å². The summed E-state index contributed by atoms with van der Waals surface area (Å²) in [6.45, 7) is 0. The van der Waals surface area contributed by atoms with Crippen molar-refractivity contribution in [3.8, 4) is 0 Å². The molecule has 1 aliphatic rings. The Morgan fingerprint density at radius 3 is 2.77 bits per heavy atom. The molecule has 0 aliphatic heterocycles. The van der Waals surface area contributed by atoms with Crippen LogP contribution >= 0.6 is 0 Å². The number of nitrogens with zero attached hydrogens (tertiary/aromatic N) is 1. The fraction of sp³-hybridized carbons (Fsp3) is 0.200. The Balaban J connectivity index is 2.51. The van der Waals surface area contributed by atoms with Crippen LogP contribution in [0.15, 0.2) is 29.4 Å². The number of carbonyl (C=O) groups is 1. The number of rotatable bonds is 0. The van der Waals surface area contributed by atoms with Gasteiger partial charge in [0.15, 0.2) is 0 Å². The van der Waals surface area contributed by atoms with Crippen molar-refractivity contribution in [3.63, 3.8) is 0 Å². The van der Waals surface area contributed by atoms with Crippen LogP contribution in [0.3, 0.4) is 0 Å². The van der Waals surface area contributed by atoms with Crippen LogP contribution in [0.25, 0.3) is 0 Å². The lowest BCUT2D eigenvalue weighted by Crippen LogP contribution is -2.22. The number of hydrogen-bond acceptors (Lipinski definition) is 3. The summed E-state index contributed by atoms with van der Waals surface area (Å²) in [4.78, 5) is 11.6. The molecule has 0 radical (unpaired) electrons. The van der Waals surface area contributed by atoms with E-state index in [1.165, 1.54) is 0 Å². The highest BCUT2D eigenvalue weighted by Gasteiger charge is 2.22. The molecule has 0 atom stereocenters. The molecule has 0 saturated heterocycles. The molecular formula is C10H9NO2. The molecule has 0 amide bonds. The molecule has 0 bridgehead atoms. The summed E-state index contributed by atoms with van der Waals surface area (Å²) >= 11 is 0. The van der Waals surface area contributed by atoms with Gasteiger partial charge in [0, 0.05) is 12.0 Å². The normalized spacial score (nSPS) is 18.8. The summed E-state index contributed by atoms with van der Waals surface area (Å²) in [6, 6.07) is 7.42. The van der Waals surface area contributed by atoms with E-state index < -0.39 is 0 Å². The second kappa shape index (κ2) is 3.01. The van der Waals surface area contributed by atoms with Gasteiger partial charge in [0.25, 0.3) is 0 Å². The lowest BCUT2D eigenvalue weighted by atomic mass is 9.89. The molecular weight excluding hydrogens is 166 g/mol. The first-order valence-corrected chi connectivity index (χ1v) is 4.16. The van der Waals surface area contributed by atoms with Gasteiger partial charge in [0.1, 0.15) is 5.71 Å². The third-order valence-electron chi connectivity index (χ3n) is 2.28. The first-order valence-electron chi connectivity index (χ1n) is 4.16. The molecule has 0 spiro atoms. The van der Waals surface area contributed by atoms with Crippen molar-refractivity contribution < 1.29 is 10.0 Å². The van der Waals surface area contributed by atoms with Crippen molar-refractivity contribution in [1.82, 2.24) is 0 Å². The lowest BCUT2D eigenvalue weighted by molar-refractivity contribution is 0.105. The molecule has 13 heavy (non-hydrogen) atoms. The lowest BCUT2D eigenvalue weighted by Gasteiger charge is -2.14. The predicted octanol–water partition coefficient (Wildman–Crippen LogP) is 1.65. The van der Waals surface area contributed by atoms with E-state index >= 15 is 0 Å². The zero-order valence-electron chi connectivity index (χ0n) is 7.03. The second-order valence-corrected chi connectivity index (χ2v) is 3.03. The van der Waals surface area contributed by atoms with Crippen LogP contribution in [0.5, 0.6) is 0 Å². The van der Waals surface area contributed by atoms with E-state index in [1.54, 1.807) is 6.07 Å². The highest BCUT2D eigenvalue weighted by Crippen LogP contribution is 2.18. The molecule has 1 aliphatic carbocycles. The smallest absolute Gasteiger partial charge is 0.210 e. The van der Waals surface area contributed by atoms with Crippen LogP contribution in [0, 0.1) is 0 Å². The average Bonchev–Trinajstić information content (AvgIpc) is 2.19.